The molecule has 0 amide bonds. The summed E-state index contributed by atoms with van der Waals surface area (Å²) in [5, 5.41) is 49.8. The highest BCUT2D eigenvalue weighted by Gasteiger charge is 2.48. The van der Waals surface area contributed by atoms with E-state index < -0.39 is 49.2 Å². The lowest BCUT2D eigenvalue weighted by Gasteiger charge is -2.46. The van der Waals surface area contributed by atoms with Crippen LogP contribution in [0.1, 0.15) is 33.6 Å². The van der Waals surface area contributed by atoms with E-state index in [1.807, 2.05) is 6.92 Å². The van der Waals surface area contributed by atoms with Gasteiger partial charge in [-0.05, 0) is 12.8 Å². The van der Waals surface area contributed by atoms with E-state index in [1.54, 1.807) is 13.8 Å². The summed E-state index contributed by atoms with van der Waals surface area (Å²) >= 11 is 0. The number of aliphatic hydroxyl groups is 5. The van der Waals surface area contributed by atoms with Gasteiger partial charge in [-0.2, -0.15) is 0 Å². The number of aliphatic hydroxyl groups excluding tert-OH is 5. The second kappa shape index (κ2) is 7.71. The molecule has 0 aromatic rings. The second-order valence-corrected chi connectivity index (χ2v) is 6.35. The third kappa shape index (κ3) is 3.69. The number of rotatable bonds is 4. The van der Waals surface area contributed by atoms with Crippen molar-refractivity contribution in [3.05, 3.63) is 0 Å². The van der Waals surface area contributed by atoms with Crippen molar-refractivity contribution < 1.29 is 39.7 Å². The van der Waals surface area contributed by atoms with E-state index in [0.717, 1.165) is 0 Å². The number of ether oxygens (including phenoxy) is 3. The smallest absolute Gasteiger partial charge is 0.186 e. The molecule has 0 saturated carbocycles. The molecule has 2 aliphatic heterocycles. The lowest BCUT2D eigenvalue weighted by atomic mass is 9.89. The van der Waals surface area contributed by atoms with Gasteiger partial charge >= 0.3 is 0 Å². The summed E-state index contributed by atoms with van der Waals surface area (Å²) < 4.78 is 16.6. The van der Waals surface area contributed by atoms with Crippen LogP contribution < -0.4 is 0 Å². The predicted octanol–water partition coefficient (Wildman–Crippen LogP) is -1.29. The summed E-state index contributed by atoms with van der Waals surface area (Å²) in [4.78, 5) is 0. The molecule has 5 unspecified atom stereocenters. The highest BCUT2D eigenvalue weighted by Crippen LogP contribution is 2.32. The standard InChI is InChI=1S/C15H28O8/c1-4-7-6(3)9(16)12(19)15(22-7)23-13-8(5-2)21-14(20)11(18)10(13)17/h6-20H,4-5H2,1-3H3/t6-,7?,8?,9-,10+,11?,12?,13+,14?,15-/m0/s1. The average Bonchev–Trinajstić information content (AvgIpc) is 2.55. The first-order valence-electron chi connectivity index (χ1n) is 8.18. The minimum Gasteiger partial charge on any atom is -0.390 e. The molecule has 10 atom stereocenters. The van der Waals surface area contributed by atoms with Crippen molar-refractivity contribution in [3.8, 4) is 0 Å². The first kappa shape index (κ1) is 19.0. The number of hydrogen-bond acceptors (Lipinski definition) is 8. The Labute approximate surface area is 135 Å². The molecule has 2 aliphatic rings. The van der Waals surface area contributed by atoms with Crippen LogP contribution in [0.15, 0.2) is 0 Å². The van der Waals surface area contributed by atoms with Crippen molar-refractivity contribution in [1.82, 2.24) is 0 Å². The Hall–Kier alpha value is -0.320. The van der Waals surface area contributed by atoms with Crippen LogP contribution in [0.5, 0.6) is 0 Å². The van der Waals surface area contributed by atoms with Gasteiger partial charge in [-0.3, -0.25) is 0 Å². The van der Waals surface area contributed by atoms with Crippen molar-refractivity contribution in [2.45, 2.75) is 88.9 Å². The summed E-state index contributed by atoms with van der Waals surface area (Å²) in [5.74, 6) is -0.253. The van der Waals surface area contributed by atoms with Crippen molar-refractivity contribution in [2.24, 2.45) is 5.92 Å². The SMILES string of the molecule is CCC1OC(O)C(O)[C@@H](O)[C@@H]1O[C@@H]1OC(CC)[C@H](C)[C@H](O)C1O. The lowest BCUT2D eigenvalue weighted by molar-refractivity contribution is -0.347. The largest absolute Gasteiger partial charge is 0.390 e. The summed E-state index contributed by atoms with van der Waals surface area (Å²) in [5.41, 5.74) is 0. The summed E-state index contributed by atoms with van der Waals surface area (Å²) in [6.45, 7) is 5.46. The van der Waals surface area contributed by atoms with Crippen LogP contribution in [0.4, 0.5) is 0 Å². The summed E-state index contributed by atoms with van der Waals surface area (Å²) in [6, 6.07) is 0. The highest BCUT2D eigenvalue weighted by atomic mass is 16.7. The van der Waals surface area contributed by atoms with Crippen LogP contribution in [0.25, 0.3) is 0 Å². The van der Waals surface area contributed by atoms with Crippen LogP contribution in [-0.4, -0.2) is 80.8 Å². The first-order chi connectivity index (χ1) is 10.8. The van der Waals surface area contributed by atoms with Gasteiger partial charge in [0.05, 0.1) is 18.3 Å². The zero-order chi connectivity index (χ0) is 17.3. The summed E-state index contributed by atoms with van der Waals surface area (Å²) in [7, 11) is 0. The molecule has 8 nitrogen and oxygen atoms in total. The quantitative estimate of drug-likeness (QED) is 0.429. The third-order valence-corrected chi connectivity index (χ3v) is 4.82. The third-order valence-electron chi connectivity index (χ3n) is 4.82. The predicted molar refractivity (Wildman–Crippen MR) is 78.2 cm³/mol. The topological polar surface area (TPSA) is 129 Å². The van der Waals surface area contributed by atoms with Crippen LogP contribution in [0, 0.1) is 5.92 Å². The lowest BCUT2D eigenvalue weighted by Crippen LogP contribution is -2.62. The van der Waals surface area contributed by atoms with E-state index in [9.17, 15) is 25.5 Å². The Morgan fingerprint density at radius 1 is 0.783 bits per heavy atom. The molecule has 0 aromatic heterocycles. The van der Waals surface area contributed by atoms with Crippen LogP contribution in [-0.2, 0) is 14.2 Å². The fraction of sp³-hybridized carbons (Fsp3) is 1.00. The molecule has 5 N–H and O–H groups in total. The molecule has 0 aliphatic carbocycles. The van der Waals surface area contributed by atoms with Gasteiger partial charge in [0.2, 0.25) is 0 Å². The van der Waals surface area contributed by atoms with Gasteiger partial charge in [-0.15, -0.1) is 0 Å². The molecule has 0 bridgehead atoms. The number of hydrogen-bond donors (Lipinski definition) is 5. The van der Waals surface area contributed by atoms with Gasteiger partial charge in [-0.1, -0.05) is 20.8 Å². The van der Waals surface area contributed by atoms with Crippen LogP contribution in [0.3, 0.4) is 0 Å². The fourth-order valence-corrected chi connectivity index (χ4v) is 3.22. The van der Waals surface area contributed by atoms with Gasteiger partial charge in [0, 0.05) is 5.92 Å². The monoisotopic (exact) mass is 336 g/mol. The maximum Gasteiger partial charge on any atom is 0.186 e. The van der Waals surface area contributed by atoms with Crippen LogP contribution >= 0.6 is 0 Å². The molecular weight excluding hydrogens is 308 g/mol. The first-order valence-corrected chi connectivity index (χ1v) is 8.18. The van der Waals surface area contributed by atoms with Gasteiger partial charge in [-0.25, -0.2) is 0 Å². The molecule has 2 heterocycles. The molecule has 8 heteroatoms. The van der Waals surface area contributed by atoms with E-state index in [1.165, 1.54) is 0 Å². The van der Waals surface area contributed by atoms with Crippen molar-refractivity contribution in [1.29, 1.82) is 0 Å². The van der Waals surface area contributed by atoms with Crippen LogP contribution in [0.2, 0.25) is 0 Å². The maximum atomic E-state index is 10.2. The van der Waals surface area contributed by atoms with Crippen molar-refractivity contribution in [2.75, 3.05) is 0 Å². The van der Waals surface area contributed by atoms with E-state index in [0.29, 0.717) is 12.8 Å². The molecule has 0 spiro atoms. The fourth-order valence-electron chi connectivity index (χ4n) is 3.22. The normalized spacial score (nSPS) is 51.7. The Kier molecular flexibility index (Phi) is 6.37. The zero-order valence-corrected chi connectivity index (χ0v) is 13.6. The van der Waals surface area contributed by atoms with E-state index >= 15 is 0 Å². The van der Waals surface area contributed by atoms with Crippen molar-refractivity contribution in [3.63, 3.8) is 0 Å². The van der Waals surface area contributed by atoms with E-state index in [-0.39, 0.29) is 12.0 Å². The molecule has 136 valence electrons. The minimum atomic E-state index is -1.52. The van der Waals surface area contributed by atoms with Gasteiger partial charge < -0.3 is 39.7 Å². The molecule has 2 fully saturated rings. The molecule has 2 saturated heterocycles. The summed E-state index contributed by atoms with van der Waals surface area (Å²) in [6.07, 6.45) is -8.75. The minimum absolute atomic E-state index is 0.253. The Morgan fingerprint density at radius 3 is 1.96 bits per heavy atom. The zero-order valence-electron chi connectivity index (χ0n) is 13.6. The van der Waals surface area contributed by atoms with Gasteiger partial charge in [0.1, 0.15) is 24.4 Å². The van der Waals surface area contributed by atoms with Crippen molar-refractivity contribution >= 4 is 0 Å². The Morgan fingerprint density at radius 2 is 1.39 bits per heavy atom. The van der Waals surface area contributed by atoms with E-state index in [4.69, 9.17) is 14.2 Å². The molecule has 0 radical (unpaired) electrons. The molecule has 23 heavy (non-hydrogen) atoms. The molecule has 2 rings (SSSR count). The Bertz CT molecular complexity index is 376. The second-order valence-electron chi connectivity index (χ2n) is 6.35. The van der Waals surface area contributed by atoms with E-state index in [2.05, 4.69) is 0 Å². The highest BCUT2D eigenvalue weighted by molar-refractivity contribution is 4.92. The maximum absolute atomic E-state index is 10.2. The molecule has 0 aromatic carbocycles. The van der Waals surface area contributed by atoms with Gasteiger partial charge in [0.25, 0.3) is 0 Å². The van der Waals surface area contributed by atoms with Gasteiger partial charge in [0.15, 0.2) is 12.6 Å². The Balaban J connectivity index is 2.11. The average molecular weight is 336 g/mol. The molecular formula is C15H28O8.